The van der Waals surface area contributed by atoms with E-state index in [0.29, 0.717) is 25.0 Å². The second-order valence-corrected chi connectivity index (χ2v) is 8.85. The minimum absolute atomic E-state index is 0. The Balaban J connectivity index is 0.00000148. The van der Waals surface area contributed by atoms with Gasteiger partial charge in [-0.3, -0.25) is 9.98 Å². The topological polar surface area (TPSA) is 24.7 Å². The van der Waals surface area contributed by atoms with Gasteiger partial charge in [0.05, 0.1) is 12.1 Å². The Morgan fingerprint density at radius 2 is 1.31 bits per heavy atom. The third-order valence-electron chi connectivity index (χ3n) is 4.69. The van der Waals surface area contributed by atoms with Crippen LogP contribution in [0.1, 0.15) is 42.4 Å². The molecule has 0 aliphatic heterocycles. The summed E-state index contributed by atoms with van der Waals surface area (Å²) in [5, 5.41) is 1.19. The number of halogens is 2. The van der Waals surface area contributed by atoms with Gasteiger partial charge in [-0.2, -0.15) is 0 Å². The first-order valence-corrected chi connectivity index (χ1v) is 12.4. The van der Waals surface area contributed by atoms with Crippen LogP contribution >= 0.6 is 29.5 Å². The fraction of sp³-hybridized carbons (Fsp3) is 0.333. The summed E-state index contributed by atoms with van der Waals surface area (Å²) in [7, 11) is 12.2. The van der Waals surface area contributed by atoms with Crippen molar-refractivity contribution in [2.45, 2.75) is 44.7 Å². The van der Waals surface area contributed by atoms with E-state index in [2.05, 4.69) is 64.7 Å². The molecule has 0 N–H and O–H groups in total. The van der Waals surface area contributed by atoms with E-state index in [4.69, 9.17) is 30.3 Å². The Bertz CT molecular complexity index is 714. The van der Waals surface area contributed by atoms with Crippen LogP contribution in [-0.4, -0.2) is 24.5 Å². The van der Waals surface area contributed by atoms with Crippen molar-refractivity contribution in [1.29, 1.82) is 0 Å². The molecule has 1 aliphatic carbocycles. The third kappa shape index (κ3) is 11.5. The average Bonchev–Trinajstić information content (AvgIpc) is 2.68. The van der Waals surface area contributed by atoms with E-state index in [0.717, 1.165) is 12.8 Å². The van der Waals surface area contributed by atoms with Gasteiger partial charge in [0.1, 0.15) is 0 Å². The van der Waals surface area contributed by atoms with Gasteiger partial charge in [-0.15, -0.1) is 9.24 Å². The van der Waals surface area contributed by atoms with Crippen LogP contribution in [0, 0.1) is 82.4 Å². The summed E-state index contributed by atoms with van der Waals surface area (Å²) in [6.07, 6.45) is 8.83. The maximum absolute atomic E-state index is 4.89. The Hall–Kier alpha value is 1.82. The molecule has 3 atom stereocenters. The molecule has 1 saturated carbocycles. The van der Waals surface area contributed by atoms with Gasteiger partial charge in [-0.25, -0.2) is 0 Å². The van der Waals surface area contributed by atoms with Crippen molar-refractivity contribution in [1.82, 2.24) is 0 Å². The zero-order valence-electron chi connectivity index (χ0n) is 16.0. The van der Waals surface area contributed by atoms with Crippen molar-refractivity contribution >= 4 is 47.3 Å². The SMILES string of the molecule is Cc1ccccc1C=NC1CCCCC1N=Cc1ccccc1P.[Ar].[Ar].[Cl][Co][Cl]. The number of aryl methyl sites for hydroxylation is 1. The summed E-state index contributed by atoms with van der Waals surface area (Å²) in [6.45, 7) is 2.13. The van der Waals surface area contributed by atoms with Crippen LogP contribution in [0.15, 0.2) is 58.5 Å². The van der Waals surface area contributed by atoms with Gasteiger partial charge in [0, 0.05) is 87.9 Å². The van der Waals surface area contributed by atoms with Gasteiger partial charge in [-0.1, -0.05) is 61.4 Å². The van der Waals surface area contributed by atoms with Crippen LogP contribution in [0.5, 0.6) is 0 Å². The molecule has 1 aliphatic rings. The average molecular weight is 546 g/mol. The van der Waals surface area contributed by atoms with Gasteiger partial charge in [0.25, 0.3) is 0 Å². The summed E-state index contributed by atoms with van der Waals surface area (Å²) in [4.78, 5) is 9.76. The van der Waals surface area contributed by atoms with E-state index in [1.54, 1.807) is 0 Å². The molecule has 2 aromatic carbocycles. The van der Waals surface area contributed by atoms with Crippen molar-refractivity contribution in [2.75, 3.05) is 0 Å². The van der Waals surface area contributed by atoms with Crippen LogP contribution < -0.4 is 5.30 Å². The van der Waals surface area contributed by atoms with Crippen molar-refractivity contribution in [3.8, 4) is 0 Å². The molecule has 3 unspecified atom stereocenters. The van der Waals surface area contributed by atoms with Crippen LogP contribution in [0.2, 0.25) is 0 Å². The standard InChI is InChI=1S/C21H25N2P.2Ar.2ClH.Co/c1-16-8-2-3-9-17(16)14-22-19-11-5-6-12-20(19)23-15-18-10-4-7-13-21(18)24;;;;;/h2-4,7-10,13-15,19-20H,5-6,11-12,24H2,1H3;;;2*1H;/q;;;;;+2/p-2. The van der Waals surface area contributed by atoms with Gasteiger partial charge in [-0.05, 0) is 41.8 Å². The quantitative estimate of drug-likeness (QED) is 0.347. The molecule has 0 amide bonds. The van der Waals surface area contributed by atoms with E-state index >= 15 is 0 Å². The molecule has 3 rings (SSSR count). The van der Waals surface area contributed by atoms with Crippen molar-refractivity contribution in [3.05, 3.63) is 65.2 Å². The van der Waals surface area contributed by atoms with Crippen LogP contribution in [0.4, 0.5) is 0 Å². The van der Waals surface area contributed by atoms with E-state index < -0.39 is 0 Å². The van der Waals surface area contributed by atoms with Gasteiger partial charge < -0.3 is 0 Å². The first-order valence-electron chi connectivity index (χ1n) is 8.96. The summed E-state index contributed by atoms with van der Waals surface area (Å²) < 4.78 is 0. The Morgan fingerprint density at radius 3 is 1.83 bits per heavy atom. The molecule has 8 heteroatoms. The molecule has 29 heavy (non-hydrogen) atoms. The molecule has 163 valence electrons. The predicted molar refractivity (Wildman–Crippen MR) is 120 cm³/mol. The molecule has 0 bridgehead atoms. The Morgan fingerprint density at radius 1 is 0.862 bits per heavy atom. The summed E-state index contributed by atoms with van der Waals surface area (Å²) >= 11 is 0.382. The molecular weight excluding hydrogens is 521 g/mol. The summed E-state index contributed by atoms with van der Waals surface area (Å²) in [5.41, 5.74) is 3.66. The molecule has 0 saturated heterocycles. The number of benzene rings is 2. The number of hydrogen-bond donors (Lipinski definition) is 0. The van der Waals surface area contributed by atoms with Crippen LogP contribution in [-0.2, 0) is 12.9 Å². The fourth-order valence-electron chi connectivity index (χ4n) is 3.15. The third-order valence-corrected chi connectivity index (χ3v) is 5.21. The molecule has 0 radical (unpaired) electrons. The second kappa shape index (κ2) is 18.3. The maximum atomic E-state index is 4.89. The van der Waals surface area contributed by atoms with E-state index in [9.17, 15) is 0 Å². The molecule has 0 spiro atoms. The van der Waals surface area contributed by atoms with Crippen molar-refractivity contribution in [3.63, 3.8) is 0 Å². The van der Waals surface area contributed by atoms with E-state index in [-0.39, 0.29) is 75.5 Å². The second-order valence-electron chi connectivity index (χ2n) is 6.51. The normalized spacial score (nSPS) is 18.6. The molecule has 2 aromatic rings. The molecule has 1 fully saturated rings. The zero-order valence-corrected chi connectivity index (χ0v) is 21.1. The van der Waals surface area contributed by atoms with Crippen molar-refractivity contribution < 1.29 is 88.4 Å². The number of rotatable bonds is 4. The Labute approximate surface area is 251 Å². The molecule has 2 nitrogen and oxygen atoms in total. The van der Waals surface area contributed by atoms with Gasteiger partial charge in [0.15, 0.2) is 0 Å². The number of nitrogens with zero attached hydrogens (tertiary/aromatic N) is 2. The summed E-state index contributed by atoms with van der Waals surface area (Å²) in [6, 6.07) is 17.3. The first-order chi connectivity index (χ1) is 13.2. The summed E-state index contributed by atoms with van der Waals surface area (Å²) in [5.74, 6) is 0. The van der Waals surface area contributed by atoms with E-state index in [1.807, 2.05) is 12.4 Å². The Kier molecular flexibility index (Phi) is 19.4. The zero-order chi connectivity index (χ0) is 19.5. The van der Waals surface area contributed by atoms with Crippen molar-refractivity contribution in [2.24, 2.45) is 9.98 Å². The van der Waals surface area contributed by atoms with Gasteiger partial charge >= 0.3 is 33.2 Å². The molecule has 0 heterocycles. The number of hydrogen-bond acceptors (Lipinski definition) is 2. The first kappa shape index (κ1) is 30.8. The minimum atomic E-state index is 0. The monoisotopic (exact) mass is 545 g/mol. The molecular formula is C21H25Ar2Cl2CoN2P. The molecule has 0 aromatic heterocycles. The predicted octanol–water partition coefficient (Wildman–Crippen LogP) is 5.72. The number of aliphatic imine (C=N–C) groups is 2. The van der Waals surface area contributed by atoms with Gasteiger partial charge in [0.2, 0.25) is 0 Å². The van der Waals surface area contributed by atoms with Crippen LogP contribution in [0.25, 0.3) is 0 Å². The van der Waals surface area contributed by atoms with Crippen LogP contribution in [0.3, 0.4) is 0 Å². The fourth-order valence-corrected chi connectivity index (χ4v) is 3.43. The van der Waals surface area contributed by atoms with E-state index in [1.165, 1.54) is 34.8 Å².